The van der Waals surface area contributed by atoms with Gasteiger partial charge >= 0.3 is 0 Å². The first-order valence-corrected chi connectivity index (χ1v) is 10.7. The van der Waals surface area contributed by atoms with Gasteiger partial charge in [-0.1, -0.05) is 42.5 Å². The Kier molecular flexibility index (Phi) is 5.13. The maximum Gasteiger partial charge on any atom is 0.252 e. The van der Waals surface area contributed by atoms with E-state index in [9.17, 15) is 4.79 Å². The first-order chi connectivity index (χ1) is 15.2. The van der Waals surface area contributed by atoms with Crippen LogP contribution in [0.15, 0.2) is 78.9 Å². The summed E-state index contributed by atoms with van der Waals surface area (Å²) < 4.78 is 5.55. The maximum atomic E-state index is 13.4. The number of pyridine rings is 1. The number of hydrogen-bond acceptors (Lipinski definition) is 3. The van der Waals surface area contributed by atoms with Gasteiger partial charge in [-0.25, -0.2) is 4.98 Å². The molecule has 0 fully saturated rings. The van der Waals surface area contributed by atoms with E-state index < -0.39 is 0 Å². The van der Waals surface area contributed by atoms with E-state index in [1.54, 1.807) is 0 Å². The predicted molar refractivity (Wildman–Crippen MR) is 123 cm³/mol. The van der Waals surface area contributed by atoms with Crippen LogP contribution in [0.1, 0.15) is 40.9 Å². The summed E-state index contributed by atoms with van der Waals surface area (Å²) in [4.78, 5) is 18.2. The van der Waals surface area contributed by atoms with Crippen molar-refractivity contribution in [2.24, 2.45) is 0 Å². The first-order valence-electron chi connectivity index (χ1n) is 10.7. The van der Waals surface area contributed by atoms with Crippen LogP contribution in [0.3, 0.4) is 0 Å². The fourth-order valence-electron chi connectivity index (χ4n) is 4.34. The fraction of sp³-hybridized carbons (Fsp3) is 0.185. The zero-order valence-corrected chi connectivity index (χ0v) is 17.5. The number of rotatable bonds is 5. The highest BCUT2D eigenvalue weighted by atomic mass is 16.5. The van der Waals surface area contributed by atoms with Crippen molar-refractivity contribution < 1.29 is 9.53 Å². The average Bonchev–Trinajstić information content (AvgIpc) is 3.22. The highest BCUT2D eigenvalue weighted by Gasteiger charge is 2.25. The second-order valence-electron chi connectivity index (χ2n) is 7.79. The highest BCUT2D eigenvalue weighted by molar-refractivity contribution is 6.07. The second kappa shape index (κ2) is 8.23. The van der Waals surface area contributed by atoms with E-state index in [1.165, 1.54) is 11.1 Å². The van der Waals surface area contributed by atoms with Crippen molar-refractivity contribution in [2.45, 2.75) is 25.8 Å². The third-order valence-corrected chi connectivity index (χ3v) is 5.86. The van der Waals surface area contributed by atoms with Crippen LogP contribution in [-0.2, 0) is 6.42 Å². The number of aromatic nitrogens is 1. The van der Waals surface area contributed by atoms with Crippen LogP contribution in [0, 0.1) is 0 Å². The minimum Gasteiger partial charge on any atom is -0.494 e. The van der Waals surface area contributed by atoms with Gasteiger partial charge in [0.1, 0.15) is 5.75 Å². The third-order valence-electron chi connectivity index (χ3n) is 5.86. The summed E-state index contributed by atoms with van der Waals surface area (Å²) in [6.07, 6.45) is 1.93. The summed E-state index contributed by atoms with van der Waals surface area (Å²) in [6.45, 7) is 2.59. The number of nitrogens with zero attached hydrogens (tertiary/aromatic N) is 1. The number of carbonyl (C=O) groups is 1. The van der Waals surface area contributed by atoms with E-state index in [0.717, 1.165) is 40.8 Å². The molecule has 31 heavy (non-hydrogen) atoms. The molecular formula is C27H24N2O2. The topological polar surface area (TPSA) is 51.2 Å². The second-order valence-corrected chi connectivity index (χ2v) is 7.79. The molecule has 5 rings (SSSR count). The van der Waals surface area contributed by atoms with Crippen molar-refractivity contribution in [3.8, 4) is 17.0 Å². The lowest BCUT2D eigenvalue weighted by molar-refractivity contribution is 0.0938. The molecule has 0 saturated heterocycles. The molecule has 3 aromatic carbocycles. The molecule has 1 atom stereocenters. The molecule has 4 nitrogen and oxygen atoms in total. The molecule has 0 aliphatic heterocycles. The molecule has 1 aromatic heterocycles. The number of hydrogen-bond donors (Lipinski definition) is 1. The summed E-state index contributed by atoms with van der Waals surface area (Å²) in [7, 11) is 0. The first kappa shape index (κ1) is 19.3. The number of amides is 1. The number of ether oxygens (including phenoxy) is 1. The lowest BCUT2D eigenvalue weighted by atomic mass is 10.0. The van der Waals surface area contributed by atoms with Gasteiger partial charge in [0, 0.05) is 10.9 Å². The Hall–Kier alpha value is -3.66. The van der Waals surface area contributed by atoms with Crippen LogP contribution < -0.4 is 10.1 Å². The van der Waals surface area contributed by atoms with Crippen molar-refractivity contribution in [1.29, 1.82) is 0 Å². The molecule has 0 unspecified atom stereocenters. The lowest BCUT2D eigenvalue weighted by Gasteiger charge is -2.16. The van der Waals surface area contributed by atoms with Gasteiger partial charge in [-0.05, 0) is 67.3 Å². The van der Waals surface area contributed by atoms with Gasteiger partial charge in [-0.15, -0.1) is 0 Å². The van der Waals surface area contributed by atoms with Gasteiger partial charge in [0.05, 0.1) is 29.4 Å². The summed E-state index contributed by atoms with van der Waals surface area (Å²) in [5, 5.41) is 4.12. The molecule has 154 valence electrons. The van der Waals surface area contributed by atoms with Crippen molar-refractivity contribution >= 4 is 16.8 Å². The molecule has 4 heteroatoms. The Morgan fingerprint density at radius 3 is 2.65 bits per heavy atom. The predicted octanol–water partition coefficient (Wildman–Crippen LogP) is 5.72. The van der Waals surface area contributed by atoms with Gasteiger partial charge in [0.2, 0.25) is 0 Å². The summed E-state index contributed by atoms with van der Waals surface area (Å²) in [5.74, 6) is 0.761. The van der Waals surface area contributed by atoms with Gasteiger partial charge in [-0.2, -0.15) is 0 Å². The van der Waals surface area contributed by atoms with Crippen LogP contribution >= 0.6 is 0 Å². The number of carbonyl (C=O) groups excluding carboxylic acids is 1. The van der Waals surface area contributed by atoms with Crippen LogP contribution in [0.2, 0.25) is 0 Å². The Morgan fingerprint density at radius 2 is 1.81 bits per heavy atom. The van der Waals surface area contributed by atoms with Crippen LogP contribution in [0.25, 0.3) is 22.2 Å². The summed E-state index contributed by atoms with van der Waals surface area (Å²) in [6, 6.07) is 25.9. The molecule has 0 bridgehead atoms. The number of nitrogens with one attached hydrogen (secondary N) is 1. The van der Waals surface area contributed by atoms with E-state index >= 15 is 0 Å². The summed E-state index contributed by atoms with van der Waals surface area (Å²) in [5.41, 5.74) is 5.74. The SMILES string of the molecule is CCOc1ccc(-c2cc(C(=O)N[C@H]3CCc4ccccc43)c3ccccc3n2)cc1. The minimum atomic E-state index is -0.0625. The van der Waals surface area contributed by atoms with Crippen molar-refractivity contribution in [3.05, 3.63) is 95.6 Å². The van der Waals surface area contributed by atoms with Crippen molar-refractivity contribution in [1.82, 2.24) is 10.3 Å². The minimum absolute atomic E-state index is 0.0459. The molecule has 0 radical (unpaired) electrons. The number of para-hydroxylation sites is 1. The molecule has 1 aliphatic rings. The van der Waals surface area contributed by atoms with E-state index in [0.29, 0.717) is 12.2 Å². The number of fused-ring (bicyclic) bond motifs is 2. The van der Waals surface area contributed by atoms with Crippen molar-refractivity contribution in [3.63, 3.8) is 0 Å². The normalized spacial score (nSPS) is 14.9. The highest BCUT2D eigenvalue weighted by Crippen LogP contribution is 2.32. The molecule has 0 saturated carbocycles. The van der Waals surface area contributed by atoms with Gasteiger partial charge < -0.3 is 10.1 Å². The third kappa shape index (κ3) is 3.77. The largest absolute Gasteiger partial charge is 0.494 e. The molecule has 1 heterocycles. The smallest absolute Gasteiger partial charge is 0.252 e. The fourth-order valence-corrected chi connectivity index (χ4v) is 4.34. The maximum absolute atomic E-state index is 13.4. The number of benzene rings is 3. The van der Waals surface area contributed by atoms with E-state index in [-0.39, 0.29) is 11.9 Å². The summed E-state index contributed by atoms with van der Waals surface area (Å²) >= 11 is 0. The van der Waals surface area contributed by atoms with Crippen LogP contribution in [0.5, 0.6) is 5.75 Å². The van der Waals surface area contributed by atoms with Crippen LogP contribution in [-0.4, -0.2) is 17.5 Å². The van der Waals surface area contributed by atoms with Gasteiger partial charge in [0.25, 0.3) is 5.91 Å². The molecule has 4 aromatic rings. The lowest BCUT2D eigenvalue weighted by Crippen LogP contribution is -2.27. The zero-order valence-electron chi connectivity index (χ0n) is 17.5. The Bertz CT molecular complexity index is 1250. The Balaban J connectivity index is 1.51. The molecule has 1 aliphatic carbocycles. The van der Waals surface area contributed by atoms with Crippen LogP contribution in [0.4, 0.5) is 0 Å². The molecular weight excluding hydrogens is 384 g/mol. The van der Waals surface area contributed by atoms with Gasteiger partial charge in [-0.3, -0.25) is 4.79 Å². The van der Waals surface area contributed by atoms with Crippen molar-refractivity contribution in [2.75, 3.05) is 6.61 Å². The molecule has 1 N–H and O–H groups in total. The van der Waals surface area contributed by atoms with E-state index in [2.05, 4.69) is 23.5 Å². The molecule has 1 amide bonds. The Labute approximate surface area is 181 Å². The average molecular weight is 409 g/mol. The Morgan fingerprint density at radius 1 is 1.03 bits per heavy atom. The monoisotopic (exact) mass is 408 g/mol. The van der Waals surface area contributed by atoms with E-state index in [4.69, 9.17) is 9.72 Å². The number of aryl methyl sites for hydroxylation is 1. The van der Waals surface area contributed by atoms with Gasteiger partial charge in [0.15, 0.2) is 0 Å². The molecule has 0 spiro atoms. The quantitative estimate of drug-likeness (QED) is 0.460. The standard InChI is InChI=1S/C27H24N2O2/c1-2-31-20-14-11-19(12-15-20)26-17-23(22-9-5-6-10-24(22)28-26)27(30)29-25-16-13-18-7-3-4-8-21(18)25/h3-12,14-15,17,25H,2,13,16H2,1H3,(H,29,30)/t25-/m0/s1. The van der Waals surface area contributed by atoms with E-state index in [1.807, 2.05) is 67.6 Å². The zero-order chi connectivity index (χ0) is 21.2.